The van der Waals surface area contributed by atoms with Gasteiger partial charge in [0, 0.05) is 37.9 Å². The summed E-state index contributed by atoms with van der Waals surface area (Å²) in [5.74, 6) is 0.155. The van der Waals surface area contributed by atoms with Crippen molar-refractivity contribution >= 4 is 29.2 Å². The standard InChI is InChI=1S/C24H30N4O5/c1-2-32-19-10-8-18(9-11-19)28(17-23(30)26-16-20-6-5-15-33-20)24(31)13-12-22(29)27-21-7-3-4-14-25-21/h3-4,7-11,14,20H,2,5-6,12-13,15-17H2,1H3,(H,26,30)(H,25,27,29)/t20-/m0/s1. The minimum atomic E-state index is -0.331. The zero-order valence-corrected chi connectivity index (χ0v) is 18.8. The minimum Gasteiger partial charge on any atom is -0.494 e. The first-order chi connectivity index (χ1) is 16.0. The third kappa shape index (κ3) is 7.87. The molecule has 3 amide bonds. The number of ether oxygens (including phenoxy) is 2. The van der Waals surface area contributed by atoms with Crippen LogP contribution in [0.2, 0.25) is 0 Å². The van der Waals surface area contributed by atoms with Crippen molar-refractivity contribution in [2.24, 2.45) is 0 Å². The second kappa shape index (κ2) is 12.5. The predicted molar refractivity (Wildman–Crippen MR) is 124 cm³/mol. The first-order valence-electron chi connectivity index (χ1n) is 11.2. The minimum absolute atomic E-state index is 0.0128. The molecule has 2 aromatic rings. The number of hydrogen-bond donors (Lipinski definition) is 2. The molecule has 9 heteroatoms. The molecule has 9 nitrogen and oxygen atoms in total. The lowest BCUT2D eigenvalue weighted by Crippen LogP contribution is -2.43. The monoisotopic (exact) mass is 454 g/mol. The molecule has 0 aliphatic carbocycles. The Morgan fingerprint density at radius 2 is 1.94 bits per heavy atom. The number of anilines is 2. The van der Waals surface area contributed by atoms with Crippen LogP contribution in [0.4, 0.5) is 11.5 Å². The lowest BCUT2D eigenvalue weighted by atomic mass is 10.2. The molecule has 1 aliphatic rings. The molecule has 2 heterocycles. The number of rotatable bonds is 11. The average molecular weight is 455 g/mol. The maximum Gasteiger partial charge on any atom is 0.240 e. The molecule has 1 aromatic carbocycles. The quantitative estimate of drug-likeness (QED) is 0.540. The number of carbonyl (C=O) groups is 3. The molecule has 0 spiro atoms. The Balaban J connectivity index is 1.61. The zero-order chi connectivity index (χ0) is 23.5. The molecule has 176 valence electrons. The van der Waals surface area contributed by atoms with Crippen molar-refractivity contribution < 1.29 is 23.9 Å². The van der Waals surface area contributed by atoms with Crippen molar-refractivity contribution in [2.75, 3.05) is 36.5 Å². The fourth-order valence-electron chi connectivity index (χ4n) is 3.44. The van der Waals surface area contributed by atoms with Gasteiger partial charge in [0.25, 0.3) is 0 Å². The highest BCUT2D eigenvalue weighted by Crippen LogP contribution is 2.21. The molecule has 1 fully saturated rings. The molecular formula is C24H30N4O5. The molecule has 0 unspecified atom stereocenters. The van der Waals surface area contributed by atoms with Crippen LogP contribution in [0.25, 0.3) is 0 Å². The van der Waals surface area contributed by atoms with Gasteiger partial charge in [-0.05, 0) is 56.2 Å². The van der Waals surface area contributed by atoms with Gasteiger partial charge in [-0.2, -0.15) is 0 Å². The molecule has 3 rings (SSSR count). The van der Waals surface area contributed by atoms with E-state index in [9.17, 15) is 14.4 Å². The summed E-state index contributed by atoms with van der Waals surface area (Å²) in [5, 5.41) is 5.50. The second-order valence-electron chi connectivity index (χ2n) is 7.61. The zero-order valence-electron chi connectivity index (χ0n) is 18.8. The number of benzene rings is 1. The van der Waals surface area contributed by atoms with Gasteiger partial charge in [-0.1, -0.05) is 6.07 Å². The Bertz CT molecular complexity index is 914. The van der Waals surface area contributed by atoms with Gasteiger partial charge in [0.2, 0.25) is 17.7 Å². The first kappa shape index (κ1) is 24.2. The van der Waals surface area contributed by atoms with E-state index >= 15 is 0 Å². The van der Waals surface area contributed by atoms with Gasteiger partial charge in [-0.25, -0.2) is 4.98 Å². The molecule has 1 atom stereocenters. The normalized spacial score (nSPS) is 15.0. The number of amides is 3. The van der Waals surface area contributed by atoms with Crippen molar-refractivity contribution in [3.8, 4) is 5.75 Å². The summed E-state index contributed by atoms with van der Waals surface area (Å²) >= 11 is 0. The third-order valence-corrected chi connectivity index (χ3v) is 5.11. The smallest absolute Gasteiger partial charge is 0.240 e. The maximum atomic E-state index is 13.0. The van der Waals surface area contributed by atoms with Gasteiger partial charge in [0.05, 0.1) is 12.7 Å². The molecular weight excluding hydrogens is 424 g/mol. The largest absolute Gasteiger partial charge is 0.494 e. The predicted octanol–water partition coefficient (Wildman–Crippen LogP) is 2.53. The van der Waals surface area contributed by atoms with Crippen LogP contribution in [0, 0.1) is 0 Å². The maximum absolute atomic E-state index is 13.0. The number of nitrogens with zero attached hydrogens (tertiary/aromatic N) is 2. The summed E-state index contributed by atoms with van der Waals surface area (Å²) in [6, 6.07) is 12.1. The summed E-state index contributed by atoms with van der Waals surface area (Å²) in [4.78, 5) is 43.2. The van der Waals surface area contributed by atoms with Crippen LogP contribution >= 0.6 is 0 Å². The Kier molecular flexibility index (Phi) is 9.19. The molecule has 2 N–H and O–H groups in total. The van der Waals surface area contributed by atoms with Gasteiger partial charge >= 0.3 is 0 Å². The summed E-state index contributed by atoms with van der Waals surface area (Å²) in [7, 11) is 0. The highest BCUT2D eigenvalue weighted by molar-refractivity contribution is 6.01. The van der Waals surface area contributed by atoms with E-state index in [4.69, 9.17) is 9.47 Å². The lowest BCUT2D eigenvalue weighted by Gasteiger charge is -2.23. The van der Waals surface area contributed by atoms with Crippen molar-refractivity contribution in [1.82, 2.24) is 10.3 Å². The topological polar surface area (TPSA) is 110 Å². The van der Waals surface area contributed by atoms with Crippen LogP contribution in [-0.2, 0) is 19.1 Å². The molecule has 0 bridgehead atoms. The molecule has 33 heavy (non-hydrogen) atoms. The Labute approximate surface area is 193 Å². The Morgan fingerprint density at radius 1 is 1.12 bits per heavy atom. The number of aromatic nitrogens is 1. The molecule has 1 aromatic heterocycles. The van der Waals surface area contributed by atoms with E-state index in [2.05, 4.69) is 15.6 Å². The average Bonchev–Trinajstić information content (AvgIpc) is 3.35. The fourth-order valence-corrected chi connectivity index (χ4v) is 3.44. The number of hydrogen-bond acceptors (Lipinski definition) is 6. The molecule has 1 saturated heterocycles. The number of pyridine rings is 1. The fraction of sp³-hybridized carbons (Fsp3) is 0.417. The first-order valence-corrected chi connectivity index (χ1v) is 11.2. The third-order valence-electron chi connectivity index (χ3n) is 5.11. The van der Waals surface area contributed by atoms with E-state index in [1.54, 1.807) is 48.7 Å². The SMILES string of the molecule is CCOc1ccc(N(CC(=O)NC[C@@H]2CCCO2)C(=O)CCC(=O)Nc2ccccn2)cc1. The van der Waals surface area contributed by atoms with E-state index < -0.39 is 0 Å². The van der Waals surface area contributed by atoms with E-state index in [0.29, 0.717) is 37.0 Å². The number of nitrogens with one attached hydrogen (secondary N) is 2. The van der Waals surface area contributed by atoms with Crippen LogP contribution in [0.1, 0.15) is 32.6 Å². The van der Waals surface area contributed by atoms with Gasteiger partial charge in [0.15, 0.2) is 0 Å². The summed E-state index contributed by atoms with van der Waals surface area (Å²) in [5.41, 5.74) is 0.556. The number of carbonyl (C=O) groups excluding carboxylic acids is 3. The summed E-state index contributed by atoms with van der Waals surface area (Å²) in [6.45, 7) is 3.38. The van der Waals surface area contributed by atoms with Crippen molar-refractivity contribution in [3.05, 3.63) is 48.7 Å². The molecule has 0 saturated carbocycles. The van der Waals surface area contributed by atoms with Crippen molar-refractivity contribution in [1.29, 1.82) is 0 Å². The Morgan fingerprint density at radius 3 is 2.61 bits per heavy atom. The van der Waals surface area contributed by atoms with Crippen LogP contribution in [0.3, 0.4) is 0 Å². The van der Waals surface area contributed by atoms with Crippen LogP contribution in [0.15, 0.2) is 48.7 Å². The van der Waals surface area contributed by atoms with E-state index in [1.807, 2.05) is 6.92 Å². The highest BCUT2D eigenvalue weighted by atomic mass is 16.5. The van der Waals surface area contributed by atoms with Gasteiger partial charge in [-0.3, -0.25) is 14.4 Å². The Hall–Kier alpha value is -3.46. The second-order valence-corrected chi connectivity index (χ2v) is 7.61. The van der Waals surface area contributed by atoms with Crippen LogP contribution in [-0.4, -0.2) is 55.1 Å². The summed E-state index contributed by atoms with van der Waals surface area (Å²) < 4.78 is 11.0. The van der Waals surface area contributed by atoms with Crippen molar-refractivity contribution in [2.45, 2.75) is 38.7 Å². The van der Waals surface area contributed by atoms with Crippen LogP contribution in [0.5, 0.6) is 5.75 Å². The van der Waals surface area contributed by atoms with Gasteiger partial charge in [-0.15, -0.1) is 0 Å². The van der Waals surface area contributed by atoms with Gasteiger partial charge in [0.1, 0.15) is 18.1 Å². The van der Waals surface area contributed by atoms with E-state index in [-0.39, 0.29) is 43.2 Å². The van der Waals surface area contributed by atoms with Gasteiger partial charge < -0.3 is 25.0 Å². The van der Waals surface area contributed by atoms with E-state index in [0.717, 1.165) is 12.8 Å². The van der Waals surface area contributed by atoms with Crippen LogP contribution < -0.4 is 20.3 Å². The van der Waals surface area contributed by atoms with E-state index in [1.165, 1.54) is 4.90 Å². The summed E-state index contributed by atoms with van der Waals surface area (Å²) in [6.07, 6.45) is 3.40. The lowest BCUT2D eigenvalue weighted by molar-refractivity contribution is -0.125. The molecule has 1 aliphatic heterocycles. The highest BCUT2D eigenvalue weighted by Gasteiger charge is 2.22. The van der Waals surface area contributed by atoms with Crippen molar-refractivity contribution in [3.63, 3.8) is 0 Å². The molecule has 0 radical (unpaired) electrons.